The van der Waals surface area contributed by atoms with Crippen LogP contribution in [0.4, 0.5) is 5.82 Å². The number of benzene rings is 1. The van der Waals surface area contributed by atoms with E-state index in [1.807, 2.05) is 24.8 Å². The van der Waals surface area contributed by atoms with Gasteiger partial charge in [0.25, 0.3) is 5.56 Å². The molecule has 5 N–H and O–H groups in total. The number of nitrogens with one attached hydrogen (secondary N) is 2. The maximum Gasteiger partial charge on any atom is 0.277 e. The SMILES string of the molecule is Cc1nn2ccn(CC#Cc3nccc(N4CCCN(/C(=C/C(=N)c5ccccc5O)C(=N)N)CC4)n3)c(=O)c2c1C. The van der Waals surface area contributed by atoms with Crippen molar-refractivity contribution >= 4 is 22.9 Å². The highest BCUT2D eigenvalue weighted by Gasteiger charge is 2.20. The number of hydrogen-bond donors (Lipinski definition) is 4. The van der Waals surface area contributed by atoms with Crippen LogP contribution in [-0.4, -0.2) is 71.9 Å². The molecule has 1 aliphatic rings. The van der Waals surface area contributed by atoms with Gasteiger partial charge in [0.15, 0.2) is 0 Å². The lowest BCUT2D eigenvalue weighted by Gasteiger charge is -2.26. The maximum atomic E-state index is 12.9. The number of phenolic OH excluding ortho intramolecular Hbond substituents is 1. The maximum absolute atomic E-state index is 12.9. The number of amidine groups is 1. The van der Waals surface area contributed by atoms with Gasteiger partial charge in [0.05, 0.1) is 23.6 Å². The summed E-state index contributed by atoms with van der Waals surface area (Å²) in [6.45, 7) is 6.49. The summed E-state index contributed by atoms with van der Waals surface area (Å²) in [6.07, 6.45) is 7.39. The first-order chi connectivity index (χ1) is 20.2. The second kappa shape index (κ2) is 12.0. The zero-order valence-electron chi connectivity index (χ0n) is 23.5. The number of aromatic nitrogens is 5. The van der Waals surface area contributed by atoms with E-state index in [2.05, 4.69) is 31.8 Å². The lowest BCUT2D eigenvalue weighted by Crippen LogP contribution is -2.35. The molecule has 0 spiro atoms. The monoisotopic (exact) mass is 564 g/mol. The van der Waals surface area contributed by atoms with Crippen LogP contribution >= 0.6 is 0 Å². The van der Waals surface area contributed by atoms with E-state index in [-0.39, 0.29) is 29.4 Å². The Kier molecular flexibility index (Phi) is 8.01. The van der Waals surface area contributed by atoms with Crippen molar-refractivity contribution in [2.45, 2.75) is 26.8 Å². The molecule has 5 rings (SSSR count). The molecule has 0 atom stereocenters. The van der Waals surface area contributed by atoms with Gasteiger partial charge in [0.2, 0.25) is 5.82 Å². The highest BCUT2D eigenvalue weighted by molar-refractivity contribution is 6.12. The highest BCUT2D eigenvalue weighted by Crippen LogP contribution is 2.20. The van der Waals surface area contributed by atoms with Crippen LogP contribution in [0.15, 0.2) is 65.5 Å². The molecule has 0 aliphatic carbocycles. The fourth-order valence-electron chi connectivity index (χ4n) is 4.90. The van der Waals surface area contributed by atoms with Crippen LogP contribution in [0.3, 0.4) is 0 Å². The van der Waals surface area contributed by atoms with E-state index in [1.54, 1.807) is 45.9 Å². The molecule has 1 aliphatic heterocycles. The average Bonchev–Trinajstić information content (AvgIpc) is 3.12. The van der Waals surface area contributed by atoms with Gasteiger partial charge in [0.1, 0.15) is 22.9 Å². The van der Waals surface area contributed by atoms with Crippen molar-refractivity contribution in [3.05, 3.63) is 93.7 Å². The van der Waals surface area contributed by atoms with Gasteiger partial charge in [-0.2, -0.15) is 5.10 Å². The molecular weight excluding hydrogens is 532 g/mol. The minimum absolute atomic E-state index is 0.00276. The van der Waals surface area contributed by atoms with E-state index in [1.165, 1.54) is 12.1 Å². The highest BCUT2D eigenvalue weighted by atomic mass is 16.3. The summed E-state index contributed by atoms with van der Waals surface area (Å²) < 4.78 is 3.14. The van der Waals surface area contributed by atoms with Crippen LogP contribution in [0.25, 0.3) is 5.52 Å². The molecule has 1 saturated heterocycles. The minimum atomic E-state index is -0.150. The molecule has 0 radical (unpaired) electrons. The van der Waals surface area contributed by atoms with Crippen molar-refractivity contribution in [1.82, 2.24) is 29.0 Å². The number of fused-ring (bicyclic) bond motifs is 1. The number of anilines is 1. The number of nitrogens with two attached hydrogens (primary N) is 1. The summed E-state index contributed by atoms with van der Waals surface area (Å²) in [6, 6.07) is 8.46. The number of aromatic hydroxyl groups is 1. The fourth-order valence-corrected chi connectivity index (χ4v) is 4.90. The molecular formula is C30H32N10O2. The summed E-state index contributed by atoms with van der Waals surface area (Å²) >= 11 is 0. The minimum Gasteiger partial charge on any atom is -0.507 e. The normalized spacial score (nSPS) is 13.9. The first-order valence-corrected chi connectivity index (χ1v) is 13.5. The third kappa shape index (κ3) is 5.85. The Hall–Kier alpha value is -5.44. The predicted octanol–water partition coefficient (Wildman–Crippen LogP) is 2.06. The Bertz CT molecular complexity index is 1830. The third-order valence-electron chi connectivity index (χ3n) is 7.24. The quantitative estimate of drug-likeness (QED) is 0.157. The molecule has 12 heteroatoms. The Morgan fingerprint density at radius 1 is 1.12 bits per heavy atom. The molecule has 0 unspecified atom stereocenters. The van der Waals surface area contributed by atoms with Gasteiger partial charge < -0.3 is 30.6 Å². The second-order valence-electron chi connectivity index (χ2n) is 9.98. The van der Waals surface area contributed by atoms with Crippen LogP contribution in [0.1, 0.15) is 29.1 Å². The molecule has 1 fully saturated rings. The zero-order chi connectivity index (χ0) is 29.8. The molecule has 0 saturated carbocycles. The van der Waals surface area contributed by atoms with Crippen LogP contribution in [0.2, 0.25) is 0 Å². The first-order valence-electron chi connectivity index (χ1n) is 13.5. The van der Waals surface area contributed by atoms with Crippen molar-refractivity contribution in [1.29, 1.82) is 10.8 Å². The third-order valence-corrected chi connectivity index (χ3v) is 7.24. The lowest BCUT2D eigenvalue weighted by molar-refractivity contribution is 0.386. The molecule has 0 bridgehead atoms. The predicted molar refractivity (Wildman–Crippen MR) is 161 cm³/mol. The van der Waals surface area contributed by atoms with Crippen LogP contribution < -0.4 is 16.2 Å². The number of rotatable bonds is 6. The number of nitrogens with zero attached hydrogens (tertiary/aromatic N) is 7. The summed E-state index contributed by atoms with van der Waals surface area (Å²) in [5.41, 5.74) is 8.88. The number of allylic oxidation sites excluding steroid dienone is 1. The van der Waals surface area contributed by atoms with Crippen LogP contribution in [-0.2, 0) is 6.54 Å². The van der Waals surface area contributed by atoms with Gasteiger partial charge in [-0.25, -0.2) is 14.5 Å². The standard InChI is InChI=1S/C30H32N10O2/c1-20-21(2)36-40-18-17-39(30(42)28(20)40)12-5-9-26-34-11-10-27(35-26)38-14-6-13-37(15-16-38)24(29(32)33)19-23(31)22-7-3-4-8-25(22)41/h3-4,7-8,10-11,17-19,31,41H,6,12-16H2,1-2H3,(H3,32,33)/b24-19+,31-23?. The van der Waals surface area contributed by atoms with Gasteiger partial charge in [0, 0.05) is 55.9 Å². The molecule has 1 aromatic carbocycles. The molecule has 42 heavy (non-hydrogen) atoms. The molecule has 0 amide bonds. The Labute approximate surface area is 242 Å². The fraction of sp³-hybridized carbons (Fsp3) is 0.267. The van der Waals surface area contributed by atoms with E-state index < -0.39 is 0 Å². The van der Waals surface area contributed by atoms with E-state index in [0.29, 0.717) is 42.2 Å². The summed E-state index contributed by atoms with van der Waals surface area (Å²) in [7, 11) is 0. The molecule has 4 aromatic rings. The summed E-state index contributed by atoms with van der Waals surface area (Å²) in [4.78, 5) is 25.9. The van der Waals surface area contributed by atoms with Crippen molar-refractivity contribution in [3.63, 3.8) is 0 Å². The Morgan fingerprint density at radius 3 is 2.71 bits per heavy atom. The molecule has 12 nitrogen and oxygen atoms in total. The smallest absolute Gasteiger partial charge is 0.277 e. The molecule has 4 heterocycles. The van der Waals surface area contributed by atoms with Crippen molar-refractivity contribution in [2.75, 3.05) is 31.1 Å². The first kappa shape index (κ1) is 28.1. The number of hydrogen-bond acceptors (Lipinski definition) is 9. The topological polar surface area (TPSA) is 166 Å². The van der Waals surface area contributed by atoms with Gasteiger partial charge in [-0.15, -0.1) is 0 Å². The van der Waals surface area contributed by atoms with E-state index >= 15 is 0 Å². The average molecular weight is 565 g/mol. The number of phenols is 1. The van der Waals surface area contributed by atoms with Crippen molar-refractivity contribution in [3.8, 4) is 17.6 Å². The van der Waals surface area contributed by atoms with E-state index in [4.69, 9.17) is 16.6 Å². The van der Waals surface area contributed by atoms with E-state index in [0.717, 1.165) is 30.0 Å². The van der Waals surface area contributed by atoms with Crippen molar-refractivity contribution < 1.29 is 5.11 Å². The Balaban J connectivity index is 1.28. The van der Waals surface area contributed by atoms with Crippen molar-refractivity contribution in [2.24, 2.45) is 5.73 Å². The number of aryl methyl sites for hydroxylation is 2. The lowest BCUT2D eigenvalue weighted by atomic mass is 10.1. The second-order valence-corrected chi connectivity index (χ2v) is 9.98. The van der Waals surface area contributed by atoms with Crippen LogP contribution in [0.5, 0.6) is 5.75 Å². The number of para-hydroxylation sites is 1. The van der Waals surface area contributed by atoms with Gasteiger partial charge in [-0.1, -0.05) is 18.1 Å². The van der Waals surface area contributed by atoms with Gasteiger partial charge in [-0.3, -0.25) is 10.2 Å². The summed E-state index contributed by atoms with van der Waals surface area (Å²) in [5.74, 6) is 6.95. The van der Waals surface area contributed by atoms with Gasteiger partial charge in [-0.05, 0) is 50.5 Å². The Morgan fingerprint density at radius 2 is 1.93 bits per heavy atom. The largest absolute Gasteiger partial charge is 0.507 e. The molecule has 3 aromatic heterocycles. The molecule has 214 valence electrons. The van der Waals surface area contributed by atoms with Gasteiger partial charge >= 0.3 is 0 Å². The zero-order valence-corrected chi connectivity index (χ0v) is 23.5. The summed E-state index contributed by atoms with van der Waals surface area (Å²) in [5, 5.41) is 31.1. The van der Waals surface area contributed by atoms with Crippen LogP contribution in [0, 0.1) is 36.5 Å². The van der Waals surface area contributed by atoms with E-state index in [9.17, 15) is 9.90 Å².